The Hall–Kier alpha value is 0.190. The highest BCUT2D eigenvalue weighted by atomic mass is 31.2. The molecule has 1 aliphatic heterocycles. The lowest BCUT2D eigenvalue weighted by molar-refractivity contribution is -0.121. The maximum absolute atomic E-state index is 9.27. The fourth-order valence-electron chi connectivity index (χ4n) is 1.36. The Morgan fingerprint density at radius 3 is 2.29 bits per heavy atom. The Bertz CT molecular complexity index is 182. The van der Waals surface area contributed by atoms with Crippen LogP contribution in [0.15, 0.2) is 0 Å². The van der Waals surface area contributed by atoms with E-state index in [-0.39, 0.29) is 31.7 Å². The number of aliphatic hydroxyl groups excluding tert-OH is 2. The van der Waals surface area contributed by atoms with Crippen LogP contribution in [0.2, 0.25) is 0 Å². The third kappa shape index (κ3) is 4.14. The van der Waals surface area contributed by atoms with Crippen LogP contribution in [0.4, 0.5) is 0 Å². The lowest BCUT2D eigenvalue weighted by Crippen LogP contribution is -2.41. The van der Waals surface area contributed by atoms with E-state index in [1.54, 1.807) is 0 Å². The molecule has 0 radical (unpaired) electrons. The van der Waals surface area contributed by atoms with Gasteiger partial charge in [-0.1, -0.05) is 0 Å². The maximum atomic E-state index is 9.27. The molecule has 1 fully saturated rings. The summed E-state index contributed by atoms with van der Waals surface area (Å²) in [6.07, 6.45) is -1.66. The molecule has 3 atom stereocenters. The number of ether oxygens (including phenoxy) is 1. The topological polar surface area (TPSA) is 110 Å². The lowest BCUT2D eigenvalue weighted by Gasteiger charge is -2.30. The molecule has 7 heteroatoms. The van der Waals surface area contributed by atoms with Crippen molar-refractivity contribution in [3.8, 4) is 0 Å². The molecule has 0 unspecified atom stereocenters. The number of rotatable bonds is 3. The quantitative estimate of drug-likeness (QED) is 0.380. The molecular formula is C7H16O6P+. The highest BCUT2D eigenvalue weighted by Gasteiger charge is 2.34. The van der Waals surface area contributed by atoms with Gasteiger partial charge < -0.3 is 14.9 Å². The van der Waals surface area contributed by atoms with Gasteiger partial charge in [0.15, 0.2) is 0 Å². The van der Waals surface area contributed by atoms with Gasteiger partial charge in [-0.15, -0.1) is 0 Å². The standard InChI is InChI=1S/C7H16O6P/c8-6-3-5(13-4-7(6)9)1-2-14(10,11)12/h5-12H,1-4H2/q+1/t5-,6+,7-/m1/s1. The van der Waals surface area contributed by atoms with Gasteiger partial charge in [0, 0.05) is 12.8 Å². The van der Waals surface area contributed by atoms with Crippen LogP contribution in [0, 0.1) is 0 Å². The van der Waals surface area contributed by atoms with Crippen molar-refractivity contribution in [2.45, 2.75) is 31.2 Å². The average Bonchev–Trinajstić information content (AvgIpc) is 2.06. The summed E-state index contributed by atoms with van der Waals surface area (Å²) in [5.41, 5.74) is 0. The molecule has 0 aromatic rings. The summed E-state index contributed by atoms with van der Waals surface area (Å²) < 4.78 is 5.13. The average molecular weight is 227 g/mol. The van der Waals surface area contributed by atoms with Crippen LogP contribution in [0.1, 0.15) is 12.8 Å². The van der Waals surface area contributed by atoms with Crippen molar-refractivity contribution in [3.63, 3.8) is 0 Å². The molecule has 0 amide bonds. The molecular weight excluding hydrogens is 211 g/mol. The Kier molecular flexibility index (Phi) is 4.21. The maximum Gasteiger partial charge on any atom is 0.403 e. The monoisotopic (exact) mass is 227 g/mol. The third-order valence-corrected chi connectivity index (χ3v) is 3.06. The second-order valence-electron chi connectivity index (χ2n) is 3.53. The van der Waals surface area contributed by atoms with E-state index in [0.717, 1.165) is 0 Å². The van der Waals surface area contributed by atoms with Gasteiger partial charge in [0.05, 0.1) is 18.8 Å². The molecule has 5 N–H and O–H groups in total. The summed E-state index contributed by atoms with van der Waals surface area (Å²) in [5.74, 6) is 0. The first-order chi connectivity index (χ1) is 6.38. The molecule has 1 rings (SSSR count). The van der Waals surface area contributed by atoms with Crippen molar-refractivity contribution in [3.05, 3.63) is 0 Å². The van der Waals surface area contributed by atoms with Crippen LogP contribution in [0.25, 0.3) is 0 Å². The molecule has 1 saturated heterocycles. The third-order valence-electron chi connectivity index (χ3n) is 2.20. The van der Waals surface area contributed by atoms with Crippen molar-refractivity contribution in [1.82, 2.24) is 0 Å². The second kappa shape index (κ2) is 4.81. The van der Waals surface area contributed by atoms with Gasteiger partial charge in [0.1, 0.15) is 12.3 Å². The van der Waals surface area contributed by atoms with Crippen LogP contribution in [0.3, 0.4) is 0 Å². The van der Waals surface area contributed by atoms with E-state index in [9.17, 15) is 5.11 Å². The molecule has 84 valence electrons. The highest BCUT2D eigenvalue weighted by Crippen LogP contribution is 2.45. The van der Waals surface area contributed by atoms with Crippen molar-refractivity contribution in [2.24, 2.45) is 0 Å². The zero-order valence-electron chi connectivity index (χ0n) is 7.65. The molecule has 14 heavy (non-hydrogen) atoms. The zero-order valence-corrected chi connectivity index (χ0v) is 8.55. The molecule has 0 aliphatic carbocycles. The van der Waals surface area contributed by atoms with Gasteiger partial charge in [-0.2, -0.15) is 14.7 Å². The van der Waals surface area contributed by atoms with E-state index < -0.39 is 20.2 Å². The molecule has 0 aromatic heterocycles. The fourth-order valence-corrected chi connectivity index (χ4v) is 1.99. The van der Waals surface area contributed by atoms with E-state index in [2.05, 4.69) is 0 Å². The number of aliphatic hydroxyl groups is 2. The fraction of sp³-hybridized carbons (Fsp3) is 1.00. The molecule has 0 aromatic carbocycles. The van der Waals surface area contributed by atoms with Gasteiger partial charge in [0.2, 0.25) is 0 Å². The largest absolute Gasteiger partial charge is 0.403 e. The van der Waals surface area contributed by atoms with Crippen LogP contribution in [0.5, 0.6) is 0 Å². The van der Waals surface area contributed by atoms with Gasteiger partial charge >= 0.3 is 7.94 Å². The van der Waals surface area contributed by atoms with E-state index in [4.69, 9.17) is 24.5 Å². The minimum Gasteiger partial charge on any atom is -0.390 e. The molecule has 1 aliphatic rings. The van der Waals surface area contributed by atoms with E-state index in [1.165, 1.54) is 0 Å². The highest BCUT2D eigenvalue weighted by molar-refractivity contribution is 7.58. The summed E-state index contributed by atoms with van der Waals surface area (Å²) in [6.45, 7) is 0.0412. The summed E-state index contributed by atoms with van der Waals surface area (Å²) in [5, 5.41) is 18.4. The first-order valence-electron chi connectivity index (χ1n) is 4.42. The smallest absolute Gasteiger partial charge is 0.390 e. The first-order valence-corrected chi connectivity index (χ1v) is 6.26. The van der Waals surface area contributed by atoms with Crippen LogP contribution < -0.4 is 0 Å². The van der Waals surface area contributed by atoms with Gasteiger partial charge in [-0.05, 0) is 0 Å². The molecule has 0 saturated carbocycles. The van der Waals surface area contributed by atoms with E-state index >= 15 is 0 Å². The van der Waals surface area contributed by atoms with E-state index in [0.29, 0.717) is 0 Å². The summed E-state index contributed by atoms with van der Waals surface area (Å²) >= 11 is 0. The van der Waals surface area contributed by atoms with Crippen LogP contribution >= 0.6 is 7.94 Å². The lowest BCUT2D eigenvalue weighted by atomic mass is 10.0. The Morgan fingerprint density at radius 1 is 1.14 bits per heavy atom. The summed E-state index contributed by atoms with van der Waals surface area (Å²) in [6, 6.07) is 0. The number of hydrogen-bond donors (Lipinski definition) is 5. The normalized spacial score (nSPS) is 34.5. The van der Waals surface area contributed by atoms with Crippen LogP contribution in [-0.2, 0) is 4.74 Å². The second-order valence-corrected chi connectivity index (χ2v) is 5.36. The van der Waals surface area contributed by atoms with E-state index in [1.807, 2.05) is 0 Å². The minimum atomic E-state index is -3.74. The molecule has 1 heterocycles. The van der Waals surface area contributed by atoms with Crippen molar-refractivity contribution in [2.75, 3.05) is 12.8 Å². The molecule has 6 nitrogen and oxygen atoms in total. The Labute approximate surface area is 82.4 Å². The van der Waals surface area contributed by atoms with Gasteiger partial charge in [-0.3, -0.25) is 0 Å². The summed E-state index contributed by atoms with van der Waals surface area (Å²) in [4.78, 5) is 26.2. The van der Waals surface area contributed by atoms with Gasteiger partial charge in [-0.25, -0.2) is 0 Å². The first kappa shape index (κ1) is 12.3. The Morgan fingerprint density at radius 2 is 1.79 bits per heavy atom. The van der Waals surface area contributed by atoms with Crippen molar-refractivity contribution < 1.29 is 29.6 Å². The number of hydrogen-bond acceptors (Lipinski definition) is 6. The summed E-state index contributed by atoms with van der Waals surface area (Å²) in [7, 11) is -3.74. The van der Waals surface area contributed by atoms with Crippen LogP contribution in [-0.4, -0.2) is 56.0 Å². The van der Waals surface area contributed by atoms with Crippen molar-refractivity contribution in [1.29, 1.82) is 0 Å². The molecule has 0 spiro atoms. The van der Waals surface area contributed by atoms with Crippen molar-refractivity contribution >= 4 is 7.94 Å². The van der Waals surface area contributed by atoms with Gasteiger partial charge in [0.25, 0.3) is 0 Å². The predicted octanol–water partition coefficient (Wildman–Crippen LogP) is -1.37. The Balaban J connectivity index is 2.27. The minimum absolute atomic E-state index is 0.0412. The SMILES string of the molecule is O[C@@H]1CO[C@H](CC[P+](O)(O)O)C[C@@H]1O. The zero-order chi connectivity index (χ0) is 10.8. The molecule has 0 bridgehead atoms. The predicted molar refractivity (Wildman–Crippen MR) is 49.4 cm³/mol.